The lowest BCUT2D eigenvalue weighted by molar-refractivity contribution is -0.126. The Hall–Kier alpha value is -1.75. The summed E-state index contributed by atoms with van der Waals surface area (Å²) in [6.45, 7) is 7.18. The first-order valence-corrected chi connectivity index (χ1v) is 8.71. The molecule has 0 saturated carbocycles. The van der Waals surface area contributed by atoms with Gasteiger partial charge in [-0.15, -0.1) is 0 Å². The molecule has 2 amide bonds. The summed E-state index contributed by atoms with van der Waals surface area (Å²) in [6, 6.07) is 7.43. The van der Waals surface area contributed by atoms with Crippen molar-refractivity contribution < 1.29 is 14.3 Å². The molecule has 6 heteroatoms. The van der Waals surface area contributed by atoms with Gasteiger partial charge in [-0.3, -0.25) is 4.79 Å². The molecule has 0 unspecified atom stereocenters. The maximum Gasteiger partial charge on any atom is 0.409 e. The summed E-state index contributed by atoms with van der Waals surface area (Å²) in [6.07, 6.45) is 1.20. The third kappa shape index (κ3) is 4.41. The second-order valence-electron chi connectivity index (χ2n) is 6.57. The number of halogens is 1. The van der Waals surface area contributed by atoms with Crippen molar-refractivity contribution >= 4 is 23.6 Å². The molecule has 5 nitrogen and oxygen atoms in total. The summed E-state index contributed by atoms with van der Waals surface area (Å²) >= 11 is 5.92. The van der Waals surface area contributed by atoms with Crippen LogP contribution in [0.2, 0.25) is 5.02 Å². The van der Waals surface area contributed by atoms with Crippen molar-refractivity contribution in [2.24, 2.45) is 0 Å². The number of carbonyl (C=O) groups is 2. The van der Waals surface area contributed by atoms with Gasteiger partial charge >= 0.3 is 6.09 Å². The minimum absolute atomic E-state index is 0.0144. The maximum absolute atomic E-state index is 12.7. The van der Waals surface area contributed by atoms with Crippen LogP contribution < -0.4 is 5.32 Å². The predicted octanol–water partition coefficient (Wildman–Crippen LogP) is 3.35. The number of likely N-dealkylation sites (tertiary alicyclic amines) is 1. The van der Waals surface area contributed by atoms with Crippen LogP contribution in [0.15, 0.2) is 24.3 Å². The molecule has 2 rings (SSSR count). The molecule has 0 bridgehead atoms. The van der Waals surface area contributed by atoms with Crippen LogP contribution in [0.25, 0.3) is 0 Å². The van der Waals surface area contributed by atoms with Crippen LogP contribution >= 0.6 is 11.6 Å². The molecular weight excluding hydrogens is 328 g/mol. The Labute approximate surface area is 148 Å². The lowest BCUT2D eigenvalue weighted by Crippen LogP contribution is -2.50. The van der Waals surface area contributed by atoms with Crippen LogP contribution in [0.4, 0.5) is 4.79 Å². The molecule has 1 fully saturated rings. The summed E-state index contributed by atoms with van der Waals surface area (Å²) < 4.78 is 5.01. The molecule has 24 heavy (non-hydrogen) atoms. The summed E-state index contributed by atoms with van der Waals surface area (Å²) in [4.78, 5) is 26.1. The Kier molecular flexibility index (Phi) is 6.10. The summed E-state index contributed by atoms with van der Waals surface area (Å²) in [5.74, 6) is -0.0144. The van der Waals surface area contributed by atoms with Gasteiger partial charge in [-0.05, 0) is 51.3 Å². The molecule has 1 aliphatic rings. The van der Waals surface area contributed by atoms with Gasteiger partial charge in [0.1, 0.15) is 0 Å². The molecule has 1 aliphatic heterocycles. The molecule has 1 N–H and O–H groups in total. The van der Waals surface area contributed by atoms with Gasteiger partial charge in [-0.2, -0.15) is 0 Å². The third-order valence-corrected chi connectivity index (χ3v) is 4.74. The molecule has 0 spiro atoms. The number of amides is 2. The number of ether oxygens (including phenoxy) is 1. The van der Waals surface area contributed by atoms with Gasteiger partial charge in [0, 0.05) is 24.2 Å². The Balaban J connectivity index is 1.91. The zero-order chi connectivity index (χ0) is 17.7. The van der Waals surface area contributed by atoms with Gasteiger partial charge in [0.05, 0.1) is 12.0 Å². The predicted molar refractivity (Wildman–Crippen MR) is 94.2 cm³/mol. The van der Waals surface area contributed by atoms with E-state index in [9.17, 15) is 9.59 Å². The van der Waals surface area contributed by atoms with E-state index in [-0.39, 0.29) is 18.0 Å². The molecule has 0 aromatic heterocycles. The highest BCUT2D eigenvalue weighted by Crippen LogP contribution is 2.25. The first-order valence-electron chi connectivity index (χ1n) is 8.33. The zero-order valence-electron chi connectivity index (χ0n) is 14.5. The Bertz CT molecular complexity index is 578. The number of hydrogen-bond donors (Lipinski definition) is 1. The quantitative estimate of drug-likeness (QED) is 0.904. The van der Waals surface area contributed by atoms with Crippen LogP contribution in [-0.2, 0) is 14.9 Å². The molecule has 0 aliphatic carbocycles. The minimum atomic E-state index is -0.636. The molecule has 1 saturated heterocycles. The number of nitrogens with one attached hydrogen (secondary N) is 1. The van der Waals surface area contributed by atoms with Crippen LogP contribution in [-0.4, -0.2) is 42.6 Å². The maximum atomic E-state index is 12.7. The smallest absolute Gasteiger partial charge is 0.409 e. The highest BCUT2D eigenvalue weighted by Gasteiger charge is 2.32. The average Bonchev–Trinajstić information content (AvgIpc) is 2.56. The van der Waals surface area contributed by atoms with Gasteiger partial charge in [0.2, 0.25) is 5.91 Å². The van der Waals surface area contributed by atoms with E-state index in [2.05, 4.69) is 5.32 Å². The normalized spacial score (nSPS) is 15.9. The standard InChI is InChI=1S/C18H25ClN2O3/c1-4-24-17(23)21-11-9-15(10-12-21)20-16(22)18(2,3)13-5-7-14(19)8-6-13/h5-8,15H,4,9-12H2,1-3H3,(H,20,22). The molecule has 0 atom stereocenters. The Morgan fingerprint density at radius 3 is 2.38 bits per heavy atom. The number of carbonyl (C=O) groups excluding carboxylic acids is 2. The zero-order valence-corrected chi connectivity index (χ0v) is 15.2. The van der Waals surface area contributed by atoms with Crippen molar-refractivity contribution in [3.05, 3.63) is 34.9 Å². The van der Waals surface area contributed by atoms with Gasteiger partial charge in [0.25, 0.3) is 0 Å². The van der Waals surface area contributed by atoms with Crippen molar-refractivity contribution in [1.29, 1.82) is 0 Å². The first-order chi connectivity index (χ1) is 11.3. The lowest BCUT2D eigenvalue weighted by atomic mass is 9.83. The van der Waals surface area contributed by atoms with E-state index in [0.717, 1.165) is 18.4 Å². The van der Waals surface area contributed by atoms with Gasteiger partial charge in [0.15, 0.2) is 0 Å². The minimum Gasteiger partial charge on any atom is -0.450 e. The van der Waals surface area contributed by atoms with E-state index in [4.69, 9.17) is 16.3 Å². The molecular formula is C18H25ClN2O3. The first kappa shape index (κ1) is 18.6. The molecule has 0 radical (unpaired) electrons. The van der Waals surface area contributed by atoms with Crippen molar-refractivity contribution in [1.82, 2.24) is 10.2 Å². The largest absolute Gasteiger partial charge is 0.450 e. The van der Waals surface area contributed by atoms with Crippen molar-refractivity contribution in [3.8, 4) is 0 Å². The topological polar surface area (TPSA) is 58.6 Å². The third-order valence-electron chi connectivity index (χ3n) is 4.49. The van der Waals surface area contributed by atoms with Crippen LogP contribution in [0.1, 0.15) is 39.2 Å². The number of hydrogen-bond acceptors (Lipinski definition) is 3. The van der Waals surface area contributed by atoms with Gasteiger partial charge < -0.3 is 15.0 Å². The van der Waals surface area contributed by atoms with E-state index >= 15 is 0 Å². The highest BCUT2D eigenvalue weighted by molar-refractivity contribution is 6.30. The van der Waals surface area contributed by atoms with E-state index < -0.39 is 5.41 Å². The SMILES string of the molecule is CCOC(=O)N1CCC(NC(=O)C(C)(C)c2ccc(Cl)cc2)CC1. The molecule has 1 aromatic carbocycles. The number of rotatable bonds is 4. The van der Waals surface area contributed by atoms with Crippen LogP contribution in [0.3, 0.4) is 0 Å². The lowest BCUT2D eigenvalue weighted by Gasteiger charge is -2.34. The van der Waals surface area contributed by atoms with Crippen molar-refractivity contribution in [2.45, 2.75) is 45.1 Å². The Morgan fingerprint density at radius 1 is 1.25 bits per heavy atom. The van der Waals surface area contributed by atoms with E-state index in [1.807, 2.05) is 26.0 Å². The number of nitrogens with zero attached hydrogens (tertiary/aromatic N) is 1. The van der Waals surface area contributed by atoms with E-state index in [1.54, 1.807) is 24.0 Å². The average molecular weight is 353 g/mol. The molecule has 132 valence electrons. The monoisotopic (exact) mass is 352 g/mol. The van der Waals surface area contributed by atoms with E-state index in [0.29, 0.717) is 24.7 Å². The summed E-state index contributed by atoms with van der Waals surface area (Å²) in [5, 5.41) is 3.77. The molecule has 1 heterocycles. The number of piperidine rings is 1. The fourth-order valence-corrected chi connectivity index (χ4v) is 2.91. The van der Waals surface area contributed by atoms with Gasteiger partial charge in [-0.25, -0.2) is 4.79 Å². The van der Waals surface area contributed by atoms with Crippen LogP contribution in [0.5, 0.6) is 0 Å². The van der Waals surface area contributed by atoms with Crippen molar-refractivity contribution in [2.75, 3.05) is 19.7 Å². The summed E-state index contributed by atoms with van der Waals surface area (Å²) in [7, 11) is 0. The second-order valence-corrected chi connectivity index (χ2v) is 7.00. The van der Waals surface area contributed by atoms with Crippen molar-refractivity contribution in [3.63, 3.8) is 0 Å². The van der Waals surface area contributed by atoms with E-state index in [1.165, 1.54) is 0 Å². The number of benzene rings is 1. The Morgan fingerprint density at radius 2 is 1.83 bits per heavy atom. The second kappa shape index (κ2) is 7.88. The van der Waals surface area contributed by atoms with Crippen LogP contribution in [0, 0.1) is 0 Å². The fraction of sp³-hybridized carbons (Fsp3) is 0.556. The highest BCUT2D eigenvalue weighted by atomic mass is 35.5. The summed E-state index contributed by atoms with van der Waals surface area (Å²) in [5.41, 5.74) is 0.288. The molecule has 1 aromatic rings. The van der Waals surface area contributed by atoms with Gasteiger partial charge in [-0.1, -0.05) is 23.7 Å². The fourth-order valence-electron chi connectivity index (χ4n) is 2.78.